The molecule has 17 heavy (non-hydrogen) atoms. The second kappa shape index (κ2) is 6.21. The molecule has 0 aliphatic rings. The minimum atomic E-state index is 0.780. The molecule has 2 aromatic rings. The van der Waals surface area contributed by atoms with Crippen molar-refractivity contribution in [1.29, 1.82) is 0 Å². The molecule has 2 nitrogen and oxygen atoms in total. The topological polar surface area (TPSA) is 25.2 Å². The minimum absolute atomic E-state index is 0.780. The number of rotatable bonds is 6. The van der Waals surface area contributed by atoms with Crippen LogP contribution in [0.1, 0.15) is 5.56 Å². The fourth-order valence-electron chi connectivity index (χ4n) is 1.48. The van der Waals surface area contributed by atoms with Gasteiger partial charge in [0, 0.05) is 28.4 Å². The molecule has 0 aliphatic heterocycles. The first-order valence-electron chi connectivity index (χ1n) is 5.48. The largest absolute Gasteiger partial charge is 0.472 e. The van der Waals surface area contributed by atoms with Crippen LogP contribution in [0, 0.1) is 0 Å². The van der Waals surface area contributed by atoms with Crippen molar-refractivity contribution in [2.75, 3.05) is 11.1 Å². The standard InChI is InChI=1S/C14H15NOS/c1-2-9-17-14-6-4-3-5-13(14)15-10-12-7-8-16-11-12/h2-8,11,15H,1,9-10H2. The summed E-state index contributed by atoms with van der Waals surface area (Å²) in [4.78, 5) is 1.25. The number of benzene rings is 1. The van der Waals surface area contributed by atoms with Gasteiger partial charge in [-0.1, -0.05) is 18.2 Å². The van der Waals surface area contributed by atoms with Crippen LogP contribution in [0.2, 0.25) is 0 Å². The van der Waals surface area contributed by atoms with Crippen LogP contribution in [0.4, 0.5) is 5.69 Å². The molecule has 0 amide bonds. The molecule has 1 heterocycles. The van der Waals surface area contributed by atoms with Gasteiger partial charge in [0.25, 0.3) is 0 Å². The number of anilines is 1. The van der Waals surface area contributed by atoms with Crippen LogP contribution < -0.4 is 5.32 Å². The number of thioether (sulfide) groups is 1. The molecule has 0 unspecified atom stereocenters. The Balaban J connectivity index is 2.01. The zero-order valence-electron chi connectivity index (χ0n) is 9.56. The van der Waals surface area contributed by atoms with Gasteiger partial charge < -0.3 is 9.73 Å². The average molecular weight is 245 g/mol. The van der Waals surface area contributed by atoms with E-state index in [0.29, 0.717) is 0 Å². The predicted molar refractivity (Wildman–Crippen MR) is 73.4 cm³/mol. The van der Waals surface area contributed by atoms with Crippen molar-refractivity contribution in [3.8, 4) is 0 Å². The summed E-state index contributed by atoms with van der Waals surface area (Å²) in [5.74, 6) is 0.921. The van der Waals surface area contributed by atoms with E-state index in [1.165, 1.54) is 4.90 Å². The van der Waals surface area contributed by atoms with E-state index in [1.807, 2.05) is 18.2 Å². The van der Waals surface area contributed by atoms with Gasteiger partial charge in [-0.2, -0.15) is 0 Å². The van der Waals surface area contributed by atoms with Gasteiger partial charge >= 0.3 is 0 Å². The Morgan fingerprint density at radius 3 is 2.94 bits per heavy atom. The maximum absolute atomic E-state index is 5.04. The van der Waals surface area contributed by atoms with E-state index in [4.69, 9.17) is 4.42 Å². The summed E-state index contributed by atoms with van der Waals surface area (Å²) < 4.78 is 5.04. The molecule has 0 bridgehead atoms. The molecule has 1 aromatic heterocycles. The second-order valence-corrected chi connectivity index (χ2v) is 4.64. The molecule has 0 saturated carbocycles. The summed E-state index contributed by atoms with van der Waals surface area (Å²) in [6.07, 6.45) is 5.36. The molecule has 3 heteroatoms. The molecule has 1 aromatic carbocycles. The van der Waals surface area contributed by atoms with Crippen LogP contribution in [0.5, 0.6) is 0 Å². The normalized spacial score (nSPS) is 10.1. The van der Waals surface area contributed by atoms with E-state index in [9.17, 15) is 0 Å². The third-order valence-corrected chi connectivity index (χ3v) is 3.38. The highest BCUT2D eigenvalue weighted by Gasteiger charge is 2.01. The molecule has 0 fully saturated rings. The molecule has 1 N–H and O–H groups in total. The van der Waals surface area contributed by atoms with Gasteiger partial charge in [0.15, 0.2) is 0 Å². The molecule has 0 aliphatic carbocycles. The van der Waals surface area contributed by atoms with Crippen LogP contribution in [0.15, 0.2) is 64.8 Å². The summed E-state index contributed by atoms with van der Waals surface area (Å²) in [5.41, 5.74) is 2.30. The van der Waals surface area contributed by atoms with E-state index >= 15 is 0 Å². The lowest BCUT2D eigenvalue weighted by Crippen LogP contribution is -1.99. The molecule has 0 atom stereocenters. The van der Waals surface area contributed by atoms with Crippen molar-refractivity contribution in [3.05, 3.63) is 61.1 Å². The lowest BCUT2D eigenvalue weighted by Gasteiger charge is -2.09. The fraction of sp³-hybridized carbons (Fsp3) is 0.143. The van der Waals surface area contributed by atoms with Crippen LogP contribution in [0.25, 0.3) is 0 Å². The molecule has 0 radical (unpaired) electrons. The Labute approximate surface area is 106 Å². The van der Waals surface area contributed by atoms with Crippen LogP contribution >= 0.6 is 11.8 Å². The highest BCUT2D eigenvalue weighted by Crippen LogP contribution is 2.27. The van der Waals surface area contributed by atoms with Gasteiger partial charge in [0.05, 0.1) is 12.5 Å². The first kappa shape index (κ1) is 11.9. The monoisotopic (exact) mass is 245 g/mol. The third-order valence-electron chi connectivity index (χ3n) is 2.31. The SMILES string of the molecule is C=CCSc1ccccc1NCc1ccoc1. The van der Waals surface area contributed by atoms with Crippen molar-refractivity contribution in [2.45, 2.75) is 11.4 Å². The predicted octanol–water partition coefficient (Wildman–Crippen LogP) is 4.17. The summed E-state index contributed by atoms with van der Waals surface area (Å²) >= 11 is 1.78. The van der Waals surface area contributed by atoms with E-state index in [1.54, 1.807) is 24.3 Å². The highest BCUT2D eigenvalue weighted by atomic mass is 32.2. The summed E-state index contributed by atoms with van der Waals surface area (Å²) in [6, 6.07) is 10.3. The maximum Gasteiger partial charge on any atom is 0.0952 e. The molecular formula is C14H15NOS. The van der Waals surface area contributed by atoms with Crippen molar-refractivity contribution in [1.82, 2.24) is 0 Å². The van der Waals surface area contributed by atoms with Crippen molar-refractivity contribution >= 4 is 17.4 Å². The smallest absolute Gasteiger partial charge is 0.0952 e. The molecular weight excluding hydrogens is 230 g/mol. The summed E-state index contributed by atoms with van der Waals surface area (Å²) in [6.45, 7) is 4.52. The quantitative estimate of drug-likeness (QED) is 0.611. The van der Waals surface area contributed by atoms with Gasteiger partial charge in [-0.15, -0.1) is 18.3 Å². The summed E-state index contributed by atoms with van der Waals surface area (Å²) in [5, 5.41) is 3.41. The van der Waals surface area contributed by atoms with Gasteiger partial charge in [-0.25, -0.2) is 0 Å². The van der Waals surface area contributed by atoms with Gasteiger partial charge in [0.2, 0.25) is 0 Å². The van der Waals surface area contributed by atoms with Crippen LogP contribution in [0.3, 0.4) is 0 Å². The van der Waals surface area contributed by atoms with E-state index in [0.717, 1.165) is 23.5 Å². The first-order chi connectivity index (χ1) is 8.40. The van der Waals surface area contributed by atoms with Crippen LogP contribution in [-0.4, -0.2) is 5.75 Å². The molecule has 2 rings (SSSR count). The Hall–Kier alpha value is -1.61. The maximum atomic E-state index is 5.04. The number of para-hydroxylation sites is 1. The van der Waals surface area contributed by atoms with Crippen LogP contribution in [-0.2, 0) is 6.54 Å². The number of furan rings is 1. The Morgan fingerprint density at radius 1 is 1.29 bits per heavy atom. The van der Waals surface area contributed by atoms with Crippen molar-refractivity contribution in [3.63, 3.8) is 0 Å². The average Bonchev–Trinajstić information content (AvgIpc) is 2.88. The van der Waals surface area contributed by atoms with E-state index < -0.39 is 0 Å². The molecule has 88 valence electrons. The number of hydrogen-bond donors (Lipinski definition) is 1. The molecule has 0 saturated heterocycles. The van der Waals surface area contributed by atoms with E-state index in [2.05, 4.69) is 30.1 Å². The number of hydrogen-bond acceptors (Lipinski definition) is 3. The fourth-order valence-corrected chi connectivity index (χ4v) is 2.25. The lowest BCUT2D eigenvalue weighted by atomic mass is 10.3. The van der Waals surface area contributed by atoms with Crippen molar-refractivity contribution < 1.29 is 4.42 Å². The van der Waals surface area contributed by atoms with E-state index in [-0.39, 0.29) is 0 Å². The van der Waals surface area contributed by atoms with Gasteiger partial charge in [-0.3, -0.25) is 0 Å². The van der Waals surface area contributed by atoms with Gasteiger partial charge in [-0.05, 0) is 18.2 Å². The zero-order chi connectivity index (χ0) is 11.9. The Bertz CT molecular complexity index is 465. The zero-order valence-corrected chi connectivity index (χ0v) is 10.4. The first-order valence-corrected chi connectivity index (χ1v) is 6.46. The number of nitrogens with one attached hydrogen (secondary N) is 1. The Morgan fingerprint density at radius 2 is 2.18 bits per heavy atom. The Kier molecular flexibility index (Phi) is 4.33. The summed E-state index contributed by atoms with van der Waals surface area (Å²) in [7, 11) is 0. The molecule has 0 spiro atoms. The lowest BCUT2D eigenvalue weighted by molar-refractivity contribution is 0.564. The highest BCUT2D eigenvalue weighted by molar-refractivity contribution is 7.99. The second-order valence-electron chi connectivity index (χ2n) is 3.58. The third kappa shape index (κ3) is 3.43. The van der Waals surface area contributed by atoms with Crippen molar-refractivity contribution in [2.24, 2.45) is 0 Å². The minimum Gasteiger partial charge on any atom is -0.472 e. The van der Waals surface area contributed by atoms with Gasteiger partial charge in [0.1, 0.15) is 0 Å².